The van der Waals surface area contributed by atoms with Crippen molar-refractivity contribution in [3.05, 3.63) is 32.7 Å². The Labute approximate surface area is 71.7 Å². The lowest BCUT2D eigenvalue weighted by atomic mass is 10.4. The highest BCUT2D eigenvalue weighted by atomic mass is 16.2. The summed E-state index contributed by atoms with van der Waals surface area (Å²) in [6.45, 7) is 1.72. The highest BCUT2D eigenvalue weighted by molar-refractivity contribution is 5.70. The lowest BCUT2D eigenvalue weighted by Gasteiger charge is -1.97. The Morgan fingerprint density at radius 2 is 1.85 bits per heavy atom. The number of aryl methyl sites for hydroxylation is 1. The van der Waals surface area contributed by atoms with Gasteiger partial charge in [0.25, 0.3) is 0 Å². The quantitative estimate of drug-likeness (QED) is 0.522. The zero-order chi connectivity index (χ0) is 9.42. The highest BCUT2D eigenvalue weighted by Crippen LogP contribution is 2.02. The van der Waals surface area contributed by atoms with Gasteiger partial charge in [-0.05, 0) is 6.92 Å². The van der Waals surface area contributed by atoms with Gasteiger partial charge < -0.3 is 9.97 Å². The van der Waals surface area contributed by atoms with E-state index in [4.69, 9.17) is 0 Å². The van der Waals surface area contributed by atoms with E-state index in [1.807, 2.05) is 0 Å². The SMILES string of the molecule is Cc1ncnc2[nH]c(=O)c(=O)[nH]c12. The second kappa shape index (κ2) is 2.51. The molecule has 0 aliphatic heterocycles. The van der Waals surface area contributed by atoms with E-state index < -0.39 is 11.1 Å². The maximum absolute atomic E-state index is 10.9. The summed E-state index contributed by atoms with van der Waals surface area (Å²) in [5.74, 6) is 0. The number of rotatable bonds is 0. The van der Waals surface area contributed by atoms with Gasteiger partial charge in [0.1, 0.15) is 11.8 Å². The highest BCUT2D eigenvalue weighted by Gasteiger charge is 2.02. The van der Waals surface area contributed by atoms with Crippen LogP contribution < -0.4 is 11.1 Å². The van der Waals surface area contributed by atoms with Crippen molar-refractivity contribution >= 4 is 11.2 Å². The molecule has 2 aromatic rings. The minimum Gasteiger partial charge on any atom is -0.313 e. The zero-order valence-corrected chi connectivity index (χ0v) is 6.79. The molecule has 0 aliphatic rings. The number of hydrogen-bond acceptors (Lipinski definition) is 4. The van der Waals surface area contributed by atoms with E-state index in [0.29, 0.717) is 16.9 Å². The van der Waals surface area contributed by atoms with Crippen LogP contribution in [0.15, 0.2) is 15.9 Å². The normalized spacial score (nSPS) is 10.5. The van der Waals surface area contributed by atoms with Crippen LogP contribution in [0.3, 0.4) is 0 Å². The second-order valence-electron chi connectivity index (χ2n) is 2.59. The number of H-pyrrole nitrogens is 2. The topological polar surface area (TPSA) is 91.5 Å². The Morgan fingerprint density at radius 3 is 2.62 bits per heavy atom. The van der Waals surface area contributed by atoms with Crippen molar-refractivity contribution in [2.24, 2.45) is 0 Å². The van der Waals surface area contributed by atoms with E-state index in [1.165, 1.54) is 6.33 Å². The molecule has 0 atom stereocenters. The number of aromatic nitrogens is 4. The Kier molecular flexibility index (Phi) is 1.48. The molecule has 0 bridgehead atoms. The van der Waals surface area contributed by atoms with Crippen LogP contribution >= 0.6 is 0 Å². The first-order valence-corrected chi connectivity index (χ1v) is 3.62. The van der Waals surface area contributed by atoms with Crippen LogP contribution in [0.5, 0.6) is 0 Å². The monoisotopic (exact) mass is 178 g/mol. The predicted octanol–water partition coefficient (Wildman–Crippen LogP) is -0.685. The fourth-order valence-corrected chi connectivity index (χ4v) is 1.05. The average Bonchev–Trinajstić information content (AvgIpc) is 2.09. The van der Waals surface area contributed by atoms with Gasteiger partial charge in [-0.2, -0.15) is 0 Å². The first-order valence-electron chi connectivity index (χ1n) is 3.62. The maximum Gasteiger partial charge on any atom is 0.315 e. The molecule has 2 heterocycles. The standard InChI is InChI=1S/C7H6N4O2/c1-3-4-5(9-2-8-3)11-7(13)6(12)10-4/h2H,1H3,(H,10,12)(H,8,9,11,13). The summed E-state index contributed by atoms with van der Waals surface area (Å²) in [6, 6.07) is 0. The third kappa shape index (κ3) is 1.12. The molecule has 0 spiro atoms. The molecule has 0 aliphatic carbocycles. The van der Waals surface area contributed by atoms with Gasteiger partial charge in [0.05, 0.1) is 5.69 Å². The van der Waals surface area contributed by atoms with E-state index in [1.54, 1.807) is 6.92 Å². The zero-order valence-electron chi connectivity index (χ0n) is 6.79. The Morgan fingerprint density at radius 1 is 1.15 bits per heavy atom. The van der Waals surface area contributed by atoms with Crippen LogP contribution in [0.25, 0.3) is 11.2 Å². The maximum atomic E-state index is 10.9. The van der Waals surface area contributed by atoms with Crippen molar-refractivity contribution < 1.29 is 0 Å². The van der Waals surface area contributed by atoms with E-state index in [0.717, 1.165) is 0 Å². The largest absolute Gasteiger partial charge is 0.315 e. The number of nitrogens with zero attached hydrogens (tertiary/aromatic N) is 2. The summed E-state index contributed by atoms with van der Waals surface area (Å²) in [5, 5.41) is 0. The van der Waals surface area contributed by atoms with E-state index in [-0.39, 0.29) is 0 Å². The molecule has 0 fully saturated rings. The molecule has 13 heavy (non-hydrogen) atoms. The first-order chi connectivity index (χ1) is 6.18. The number of aromatic amines is 2. The predicted molar refractivity (Wildman–Crippen MR) is 45.5 cm³/mol. The molecule has 2 N–H and O–H groups in total. The van der Waals surface area contributed by atoms with Crippen molar-refractivity contribution in [1.29, 1.82) is 0 Å². The smallest absolute Gasteiger partial charge is 0.313 e. The van der Waals surface area contributed by atoms with E-state index >= 15 is 0 Å². The minimum atomic E-state index is -0.703. The first kappa shape index (κ1) is 7.66. The lowest BCUT2D eigenvalue weighted by Crippen LogP contribution is -2.29. The van der Waals surface area contributed by atoms with Gasteiger partial charge in [-0.1, -0.05) is 0 Å². The molecule has 2 aromatic heterocycles. The van der Waals surface area contributed by atoms with E-state index in [2.05, 4.69) is 19.9 Å². The van der Waals surface area contributed by atoms with Crippen molar-refractivity contribution in [1.82, 2.24) is 19.9 Å². The summed E-state index contributed by atoms with van der Waals surface area (Å²) in [6.07, 6.45) is 1.33. The average molecular weight is 178 g/mol. The third-order valence-corrected chi connectivity index (χ3v) is 1.71. The number of hydrogen-bond donors (Lipinski definition) is 2. The molecule has 6 nitrogen and oxygen atoms in total. The van der Waals surface area contributed by atoms with Crippen LogP contribution in [0.2, 0.25) is 0 Å². The lowest BCUT2D eigenvalue weighted by molar-refractivity contribution is 1.05. The third-order valence-electron chi connectivity index (χ3n) is 1.71. The van der Waals surface area contributed by atoms with Gasteiger partial charge in [-0.15, -0.1) is 0 Å². The molecule has 0 amide bonds. The molecule has 0 radical (unpaired) electrons. The molecule has 2 rings (SSSR count). The molecule has 0 saturated carbocycles. The van der Waals surface area contributed by atoms with Crippen molar-refractivity contribution in [2.75, 3.05) is 0 Å². The second-order valence-corrected chi connectivity index (χ2v) is 2.59. The molecule has 0 aromatic carbocycles. The molecule has 0 unspecified atom stereocenters. The summed E-state index contributed by atoms with van der Waals surface area (Å²) in [7, 11) is 0. The van der Waals surface area contributed by atoms with Gasteiger partial charge in [0.2, 0.25) is 0 Å². The van der Waals surface area contributed by atoms with Gasteiger partial charge >= 0.3 is 11.1 Å². The van der Waals surface area contributed by atoms with Crippen LogP contribution in [0.4, 0.5) is 0 Å². The summed E-state index contributed by atoms with van der Waals surface area (Å²) in [5.41, 5.74) is 0.0403. The molecular weight excluding hydrogens is 172 g/mol. The van der Waals surface area contributed by atoms with Crippen LogP contribution in [-0.2, 0) is 0 Å². The molecular formula is C7H6N4O2. The van der Waals surface area contributed by atoms with Crippen LogP contribution in [0.1, 0.15) is 5.69 Å². The molecule has 66 valence electrons. The molecule has 6 heteroatoms. The Balaban J connectivity index is 3.06. The van der Waals surface area contributed by atoms with Crippen molar-refractivity contribution in [3.8, 4) is 0 Å². The van der Waals surface area contributed by atoms with Crippen molar-refractivity contribution in [3.63, 3.8) is 0 Å². The van der Waals surface area contributed by atoms with Gasteiger partial charge in [0.15, 0.2) is 5.65 Å². The Bertz CT molecular complexity index is 568. The van der Waals surface area contributed by atoms with Crippen LogP contribution in [0, 0.1) is 6.92 Å². The number of nitrogens with one attached hydrogen (secondary N) is 2. The summed E-state index contributed by atoms with van der Waals surface area (Å²) < 4.78 is 0. The van der Waals surface area contributed by atoms with Crippen LogP contribution in [-0.4, -0.2) is 19.9 Å². The van der Waals surface area contributed by atoms with E-state index in [9.17, 15) is 9.59 Å². The fourth-order valence-electron chi connectivity index (χ4n) is 1.05. The molecule has 0 saturated heterocycles. The van der Waals surface area contributed by atoms with Gasteiger partial charge in [-0.25, -0.2) is 9.97 Å². The number of fused-ring (bicyclic) bond motifs is 1. The fraction of sp³-hybridized carbons (Fsp3) is 0.143. The Hall–Kier alpha value is -1.98. The van der Waals surface area contributed by atoms with Gasteiger partial charge in [0, 0.05) is 0 Å². The summed E-state index contributed by atoms with van der Waals surface area (Å²) >= 11 is 0. The van der Waals surface area contributed by atoms with Gasteiger partial charge in [-0.3, -0.25) is 9.59 Å². The van der Waals surface area contributed by atoms with Crippen molar-refractivity contribution in [2.45, 2.75) is 6.92 Å². The minimum absolute atomic E-state index is 0.345. The summed E-state index contributed by atoms with van der Waals surface area (Å²) in [4.78, 5) is 34.2.